The fourth-order valence-electron chi connectivity index (χ4n) is 3.57. The van der Waals surface area contributed by atoms with Gasteiger partial charge in [0.25, 0.3) is 5.56 Å². The van der Waals surface area contributed by atoms with E-state index in [2.05, 4.69) is 20.3 Å². The monoisotopic (exact) mass is 447 g/mol. The summed E-state index contributed by atoms with van der Waals surface area (Å²) in [6.07, 6.45) is 4.12. The predicted octanol–water partition coefficient (Wildman–Crippen LogP) is 2.94. The molecule has 1 aromatic carbocycles. The van der Waals surface area contributed by atoms with Gasteiger partial charge in [0.15, 0.2) is 11.5 Å². The van der Waals surface area contributed by atoms with E-state index in [1.807, 2.05) is 62.3 Å². The molecule has 0 unspecified atom stereocenters. The highest BCUT2D eigenvalue weighted by molar-refractivity contribution is 5.77. The molecule has 0 radical (unpaired) electrons. The highest BCUT2D eigenvalue weighted by Crippen LogP contribution is 2.23. The Labute approximate surface area is 192 Å². The molecular formula is C24H29N7O2. The van der Waals surface area contributed by atoms with Crippen molar-refractivity contribution in [3.63, 3.8) is 0 Å². The van der Waals surface area contributed by atoms with Gasteiger partial charge in [-0.05, 0) is 31.2 Å². The highest BCUT2D eigenvalue weighted by Gasteiger charge is 2.14. The molecule has 4 aromatic rings. The summed E-state index contributed by atoms with van der Waals surface area (Å²) in [5, 5.41) is 3.17. The SMILES string of the molecule is CCOCCn1c(=O)c(NCCc2cnc[nH]2)nc2ccc(-c3ccc(N(C)C)cc3)nc21. The molecular weight excluding hydrogens is 418 g/mol. The topological polar surface area (TPSA) is 101 Å². The van der Waals surface area contributed by atoms with Crippen LogP contribution in [0.3, 0.4) is 0 Å². The zero-order chi connectivity index (χ0) is 23.2. The molecule has 3 heterocycles. The fourth-order valence-corrected chi connectivity index (χ4v) is 3.57. The number of anilines is 2. The van der Waals surface area contributed by atoms with E-state index in [0.717, 1.165) is 22.6 Å². The Morgan fingerprint density at radius 1 is 1.12 bits per heavy atom. The van der Waals surface area contributed by atoms with E-state index in [4.69, 9.17) is 9.72 Å². The maximum Gasteiger partial charge on any atom is 0.295 e. The summed E-state index contributed by atoms with van der Waals surface area (Å²) in [6.45, 7) is 3.90. The van der Waals surface area contributed by atoms with Gasteiger partial charge in [0.05, 0.1) is 25.2 Å². The minimum atomic E-state index is -0.209. The minimum Gasteiger partial charge on any atom is -0.380 e. The average Bonchev–Trinajstić information content (AvgIpc) is 3.34. The molecule has 33 heavy (non-hydrogen) atoms. The van der Waals surface area contributed by atoms with Gasteiger partial charge in [-0.1, -0.05) is 12.1 Å². The molecule has 2 N–H and O–H groups in total. The zero-order valence-corrected chi connectivity index (χ0v) is 19.2. The normalized spacial score (nSPS) is 11.1. The smallest absolute Gasteiger partial charge is 0.295 e. The Balaban J connectivity index is 1.67. The summed E-state index contributed by atoms with van der Waals surface area (Å²) in [5.41, 5.74) is 4.87. The second-order valence-electron chi connectivity index (χ2n) is 7.85. The first-order valence-corrected chi connectivity index (χ1v) is 11.0. The zero-order valence-electron chi connectivity index (χ0n) is 19.2. The van der Waals surface area contributed by atoms with E-state index < -0.39 is 0 Å². The second kappa shape index (κ2) is 10.3. The summed E-state index contributed by atoms with van der Waals surface area (Å²) in [6, 6.07) is 12.0. The average molecular weight is 448 g/mol. The molecule has 3 aromatic heterocycles. The van der Waals surface area contributed by atoms with Crippen LogP contribution in [-0.4, -0.2) is 58.4 Å². The molecule has 0 spiro atoms. The quantitative estimate of drug-likeness (QED) is 0.361. The van der Waals surface area contributed by atoms with Crippen LogP contribution in [0.1, 0.15) is 12.6 Å². The Bertz CT molecular complexity index is 1250. The Kier molecular flexibility index (Phi) is 6.99. The lowest BCUT2D eigenvalue weighted by atomic mass is 10.1. The molecule has 0 aliphatic rings. The van der Waals surface area contributed by atoms with Crippen molar-refractivity contribution in [2.75, 3.05) is 44.1 Å². The van der Waals surface area contributed by atoms with Gasteiger partial charge in [-0.25, -0.2) is 15.0 Å². The third-order valence-electron chi connectivity index (χ3n) is 5.37. The van der Waals surface area contributed by atoms with Gasteiger partial charge in [-0.15, -0.1) is 0 Å². The summed E-state index contributed by atoms with van der Waals surface area (Å²) >= 11 is 0. The van der Waals surface area contributed by atoms with Crippen LogP contribution in [0.4, 0.5) is 11.5 Å². The fraction of sp³-hybridized carbons (Fsp3) is 0.333. The van der Waals surface area contributed by atoms with Crippen LogP contribution >= 0.6 is 0 Å². The summed E-state index contributed by atoms with van der Waals surface area (Å²) < 4.78 is 7.16. The van der Waals surface area contributed by atoms with E-state index in [-0.39, 0.29) is 5.56 Å². The van der Waals surface area contributed by atoms with E-state index in [1.165, 1.54) is 0 Å². The molecule has 0 amide bonds. The third-order valence-corrected chi connectivity index (χ3v) is 5.37. The van der Waals surface area contributed by atoms with Gasteiger partial charge in [-0.3, -0.25) is 9.36 Å². The number of hydrogen-bond acceptors (Lipinski definition) is 7. The predicted molar refractivity (Wildman–Crippen MR) is 131 cm³/mol. The number of ether oxygens (including phenoxy) is 1. The standard InChI is InChI=1S/C24H29N7O2/c1-4-33-14-13-31-23-21(28-22(24(31)32)26-12-11-18-15-25-16-27-18)10-9-20(29-23)17-5-7-19(8-6-17)30(2)3/h5-10,15-16H,4,11-14H2,1-3H3,(H,25,27)(H,26,28). The van der Waals surface area contributed by atoms with Crippen molar-refractivity contribution in [2.24, 2.45) is 0 Å². The number of imidazole rings is 1. The largest absolute Gasteiger partial charge is 0.380 e. The number of rotatable bonds is 10. The van der Waals surface area contributed by atoms with Gasteiger partial charge in [-0.2, -0.15) is 0 Å². The molecule has 9 heteroatoms. The summed E-state index contributed by atoms with van der Waals surface area (Å²) in [5.74, 6) is 0.309. The maximum atomic E-state index is 13.3. The molecule has 0 fully saturated rings. The van der Waals surface area contributed by atoms with Crippen LogP contribution in [-0.2, 0) is 17.7 Å². The number of H-pyrrole nitrogens is 1. The van der Waals surface area contributed by atoms with Crippen molar-refractivity contribution in [1.29, 1.82) is 0 Å². The Hall–Kier alpha value is -3.72. The van der Waals surface area contributed by atoms with Gasteiger partial charge in [0.1, 0.15) is 5.52 Å². The number of fused-ring (bicyclic) bond motifs is 1. The van der Waals surface area contributed by atoms with Crippen LogP contribution < -0.4 is 15.8 Å². The molecule has 0 bridgehead atoms. The molecule has 4 rings (SSSR count). The molecule has 172 valence electrons. The molecule has 0 saturated heterocycles. The van der Waals surface area contributed by atoms with Crippen molar-refractivity contribution in [1.82, 2.24) is 24.5 Å². The van der Waals surface area contributed by atoms with Crippen molar-refractivity contribution in [3.05, 3.63) is 65.0 Å². The van der Waals surface area contributed by atoms with Crippen LogP contribution in [0.5, 0.6) is 0 Å². The first kappa shape index (κ1) is 22.5. The van der Waals surface area contributed by atoms with Crippen LogP contribution in [0, 0.1) is 0 Å². The number of aromatic amines is 1. The first-order valence-electron chi connectivity index (χ1n) is 11.0. The number of benzene rings is 1. The number of hydrogen-bond donors (Lipinski definition) is 2. The van der Waals surface area contributed by atoms with Crippen molar-refractivity contribution >= 4 is 22.7 Å². The lowest BCUT2D eigenvalue weighted by Gasteiger charge is -2.14. The number of nitrogens with zero attached hydrogens (tertiary/aromatic N) is 5. The number of aromatic nitrogens is 5. The molecule has 9 nitrogen and oxygen atoms in total. The third kappa shape index (κ3) is 5.20. The number of pyridine rings is 1. The number of nitrogens with one attached hydrogen (secondary N) is 2. The van der Waals surface area contributed by atoms with E-state index in [1.54, 1.807) is 17.1 Å². The molecule has 0 aliphatic carbocycles. The second-order valence-corrected chi connectivity index (χ2v) is 7.85. The molecule has 0 atom stereocenters. The van der Waals surface area contributed by atoms with Crippen molar-refractivity contribution in [3.8, 4) is 11.3 Å². The van der Waals surface area contributed by atoms with E-state index >= 15 is 0 Å². The van der Waals surface area contributed by atoms with E-state index in [0.29, 0.717) is 49.7 Å². The highest BCUT2D eigenvalue weighted by atomic mass is 16.5. The molecule has 0 aliphatic heterocycles. The van der Waals surface area contributed by atoms with Gasteiger partial charge >= 0.3 is 0 Å². The van der Waals surface area contributed by atoms with Crippen molar-refractivity contribution < 1.29 is 4.74 Å². The lowest BCUT2D eigenvalue weighted by molar-refractivity contribution is 0.139. The van der Waals surface area contributed by atoms with Gasteiger partial charge in [0, 0.05) is 56.8 Å². The minimum absolute atomic E-state index is 0.209. The summed E-state index contributed by atoms with van der Waals surface area (Å²) in [4.78, 5) is 31.8. The van der Waals surface area contributed by atoms with Gasteiger partial charge in [0.2, 0.25) is 0 Å². The van der Waals surface area contributed by atoms with Crippen molar-refractivity contribution in [2.45, 2.75) is 19.9 Å². The Morgan fingerprint density at radius 3 is 2.64 bits per heavy atom. The van der Waals surface area contributed by atoms with E-state index in [9.17, 15) is 4.79 Å². The summed E-state index contributed by atoms with van der Waals surface area (Å²) in [7, 11) is 4.01. The lowest BCUT2D eigenvalue weighted by Crippen LogP contribution is -2.28. The Morgan fingerprint density at radius 2 is 1.94 bits per heavy atom. The van der Waals surface area contributed by atoms with Crippen LogP contribution in [0.15, 0.2) is 53.7 Å². The van der Waals surface area contributed by atoms with Crippen LogP contribution in [0.2, 0.25) is 0 Å². The maximum absolute atomic E-state index is 13.3. The van der Waals surface area contributed by atoms with Gasteiger partial charge < -0.3 is 19.9 Å². The molecule has 0 saturated carbocycles. The first-order chi connectivity index (χ1) is 16.1. The van der Waals surface area contributed by atoms with Crippen LogP contribution in [0.25, 0.3) is 22.4 Å².